The van der Waals surface area contributed by atoms with E-state index in [1.807, 2.05) is 78.5 Å². The summed E-state index contributed by atoms with van der Waals surface area (Å²) in [6.07, 6.45) is 5.40. The van der Waals surface area contributed by atoms with Crippen LogP contribution in [0.5, 0.6) is 11.5 Å². The molecule has 4 rings (SSSR count). The van der Waals surface area contributed by atoms with Crippen LogP contribution in [0, 0.1) is 10.5 Å². The van der Waals surface area contributed by atoms with E-state index >= 15 is 0 Å². The normalized spacial score (nSPS) is 10.9. The molecule has 0 saturated heterocycles. The standard InChI is InChI=1S/C28H26IN3O3/c1-3-34-26-17-21(16-24(29)27(26)35-19-22-11-5-4-10-20(22)2)18-30-31-28(33)23-12-6-7-13-25(23)32-14-8-9-15-32/h4-18H,3,19H2,1-2H3,(H,31,33)/b30-18-. The Morgan fingerprint density at radius 3 is 2.54 bits per heavy atom. The van der Waals surface area contributed by atoms with Crippen molar-refractivity contribution in [3.63, 3.8) is 0 Å². The fraction of sp³-hybridized carbons (Fsp3) is 0.143. The van der Waals surface area contributed by atoms with E-state index in [0.29, 0.717) is 30.3 Å². The average Bonchev–Trinajstić information content (AvgIpc) is 3.40. The van der Waals surface area contributed by atoms with E-state index in [1.165, 1.54) is 5.56 Å². The number of carbonyl (C=O) groups is 1. The molecule has 3 aromatic carbocycles. The number of hydrogen-bond acceptors (Lipinski definition) is 4. The second-order valence-electron chi connectivity index (χ2n) is 7.78. The molecule has 1 amide bonds. The third-order valence-electron chi connectivity index (χ3n) is 5.38. The topological polar surface area (TPSA) is 64.8 Å². The van der Waals surface area contributed by atoms with Gasteiger partial charge in [-0.15, -0.1) is 0 Å². The van der Waals surface area contributed by atoms with Gasteiger partial charge in [-0.1, -0.05) is 36.4 Å². The fourth-order valence-electron chi connectivity index (χ4n) is 3.60. The molecule has 1 aromatic heterocycles. The predicted octanol–water partition coefficient (Wildman–Crippen LogP) is 6.13. The number of amides is 1. The third kappa shape index (κ3) is 6.10. The number of halogens is 1. The summed E-state index contributed by atoms with van der Waals surface area (Å²) in [4.78, 5) is 12.8. The van der Waals surface area contributed by atoms with E-state index in [-0.39, 0.29) is 5.91 Å². The maximum Gasteiger partial charge on any atom is 0.273 e. The monoisotopic (exact) mass is 579 g/mol. The van der Waals surface area contributed by atoms with Crippen molar-refractivity contribution in [2.75, 3.05) is 6.61 Å². The lowest BCUT2D eigenvalue weighted by Crippen LogP contribution is -2.19. The number of aromatic nitrogens is 1. The van der Waals surface area contributed by atoms with E-state index in [0.717, 1.165) is 20.4 Å². The van der Waals surface area contributed by atoms with Gasteiger partial charge in [-0.2, -0.15) is 5.10 Å². The van der Waals surface area contributed by atoms with Gasteiger partial charge in [0, 0.05) is 12.4 Å². The van der Waals surface area contributed by atoms with Crippen LogP contribution in [0.4, 0.5) is 0 Å². The van der Waals surface area contributed by atoms with E-state index in [2.05, 4.69) is 52.2 Å². The number of nitrogens with zero attached hydrogens (tertiary/aromatic N) is 2. The summed E-state index contributed by atoms with van der Waals surface area (Å²) in [5, 5.41) is 4.18. The first-order valence-corrected chi connectivity index (χ1v) is 12.3. The number of carbonyl (C=O) groups excluding carboxylic acids is 1. The second kappa shape index (κ2) is 11.7. The molecule has 0 atom stereocenters. The maximum absolute atomic E-state index is 12.8. The lowest BCUT2D eigenvalue weighted by atomic mass is 10.1. The van der Waals surface area contributed by atoms with Gasteiger partial charge in [0.05, 0.1) is 27.6 Å². The molecule has 4 aromatic rings. The molecule has 0 unspecified atom stereocenters. The molecule has 0 aliphatic heterocycles. The molecule has 7 heteroatoms. The highest BCUT2D eigenvalue weighted by Gasteiger charge is 2.14. The summed E-state index contributed by atoms with van der Waals surface area (Å²) in [5.41, 5.74) is 7.04. The molecule has 0 bridgehead atoms. The molecular formula is C28H26IN3O3. The van der Waals surface area contributed by atoms with Crippen LogP contribution in [0.25, 0.3) is 5.69 Å². The zero-order valence-corrected chi connectivity index (χ0v) is 21.7. The molecule has 0 radical (unpaired) electrons. The van der Waals surface area contributed by atoms with Gasteiger partial charge in [0.25, 0.3) is 5.91 Å². The summed E-state index contributed by atoms with van der Waals surface area (Å²) in [7, 11) is 0. The van der Waals surface area contributed by atoms with Gasteiger partial charge in [-0.05, 0) is 89.5 Å². The molecule has 178 valence electrons. The van der Waals surface area contributed by atoms with Crippen LogP contribution in [-0.2, 0) is 6.61 Å². The highest BCUT2D eigenvalue weighted by Crippen LogP contribution is 2.34. The Labute approximate surface area is 218 Å². The Hall–Kier alpha value is -3.59. The summed E-state index contributed by atoms with van der Waals surface area (Å²) < 4.78 is 14.8. The van der Waals surface area contributed by atoms with Crippen molar-refractivity contribution in [1.82, 2.24) is 9.99 Å². The van der Waals surface area contributed by atoms with Crippen molar-refractivity contribution in [2.24, 2.45) is 5.10 Å². The fourth-order valence-corrected chi connectivity index (χ4v) is 4.38. The van der Waals surface area contributed by atoms with Gasteiger partial charge in [-0.25, -0.2) is 5.43 Å². The molecule has 0 fully saturated rings. The van der Waals surface area contributed by atoms with Crippen molar-refractivity contribution in [2.45, 2.75) is 20.5 Å². The van der Waals surface area contributed by atoms with Gasteiger partial charge in [-0.3, -0.25) is 4.79 Å². The Bertz CT molecular complexity index is 1330. The Kier molecular flexibility index (Phi) is 8.20. The van der Waals surface area contributed by atoms with Crippen molar-refractivity contribution in [3.8, 4) is 17.2 Å². The minimum atomic E-state index is -0.288. The number of hydrazone groups is 1. The molecule has 0 saturated carbocycles. The predicted molar refractivity (Wildman–Crippen MR) is 147 cm³/mol. The van der Waals surface area contributed by atoms with Crippen LogP contribution in [0.15, 0.2) is 90.3 Å². The summed E-state index contributed by atoms with van der Waals surface area (Å²) >= 11 is 2.23. The zero-order chi connectivity index (χ0) is 24.6. The third-order valence-corrected chi connectivity index (χ3v) is 6.18. The van der Waals surface area contributed by atoms with Crippen molar-refractivity contribution in [3.05, 3.63) is 111 Å². The maximum atomic E-state index is 12.8. The second-order valence-corrected chi connectivity index (χ2v) is 8.95. The molecular weight excluding hydrogens is 553 g/mol. The van der Waals surface area contributed by atoms with E-state index in [4.69, 9.17) is 9.47 Å². The number of nitrogens with one attached hydrogen (secondary N) is 1. The average molecular weight is 579 g/mol. The molecule has 1 N–H and O–H groups in total. The van der Waals surface area contributed by atoms with Crippen molar-refractivity contribution in [1.29, 1.82) is 0 Å². The van der Waals surface area contributed by atoms with Crippen LogP contribution >= 0.6 is 22.6 Å². The lowest BCUT2D eigenvalue weighted by Gasteiger charge is -2.15. The van der Waals surface area contributed by atoms with Gasteiger partial charge < -0.3 is 14.0 Å². The van der Waals surface area contributed by atoms with Crippen LogP contribution < -0.4 is 14.9 Å². The van der Waals surface area contributed by atoms with Gasteiger partial charge in [0.2, 0.25) is 0 Å². The zero-order valence-electron chi connectivity index (χ0n) is 19.6. The van der Waals surface area contributed by atoms with E-state index in [1.54, 1.807) is 12.3 Å². The minimum absolute atomic E-state index is 0.288. The van der Waals surface area contributed by atoms with Crippen molar-refractivity contribution >= 4 is 34.7 Å². The molecule has 1 heterocycles. The first-order chi connectivity index (χ1) is 17.1. The number of ether oxygens (including phenoxy) is 2. The van der Waals surface area contributed by atoms with Crippen LogP contribution in [0.3, 0.4) is 0 Å². The van der Waals surface area contributed by atoms with Gasteiger partial charge >= 0.3 is 0 Å². The van der Waals surface area contributed by atoms with Crippen LogP contribution in [0.2, 0.25) is 0 Å². The van der Waals surface area contributed by atoms with Crippen LogP contribution in [-0.4, -0.2) is 23.3 Å². The summed E-state index contributed by atoms with van der Waals surface area (Å²) in [6.45, 7) is 4.95. The highest BCUT2D eigenvalue weighted by molar-refractivity contribution is 14.1. The first kappa shape index (κ1) is 24.5. The van der Waals surface area contributed by atoms with Crippen LogP contribution in [0.1, 0.15) is 34.0 Å². The summed E-state index contributed by atoms with van der Waals surface area (Å²) in [6, 6.07) is 23.2. The Morgan fingerprint density at radius 1 is 1.03 bits per heavy atom. The highest BCUT2D eigenvalue weighted by atomic mass is 127. The van der Waals surface area contributed by atoms with E-state index < -0.39 is 0 Å². The molecule has 6 nitrogen and oxygen atoms in total. The van der Waals surface area contributed by atoms with Gasteiger partial charge in [0.15, 0.2) is 11.5 Å². The smallest absolute Gasteiger partial charge is 0.273 e. The molecule has 0 aliphatic carbocycles. The number of benzene rings is 3. The van der Waals surface area contributed by atoms with Crippen molar-refractivity contribution < 1.29 is 14.3 Å². The van der Waals surface area contributed by atoms with Gasteiger partial charge in [0.1, 0.15) is 6.61 Å². The number of hydrogen-bond donors (Lipinski definition) is 1. The molecule has 0 aliphatic rings. The van der Waals surface area contributed by atoms with E-state index in [9.17, 15) is 4.79 Å². The molecule has 0 spiro atoms. The number of rotatable bonds is 9. The quantitative estimate of drug-likeness (QED) is 0.147. The Morgan fingerprint density at radius 2 is 1.77 bits per heavy atom. The largest absolute Gasteiger partial charge is 0.490 e. The first-order valence-electron chi connectivity index (χ1n) is 11.3. The number of aryl methyl sites for hydroxylation is 1. The SMILES string of the molecule is CCOc1cc(/C=N\NC(=O)c2ccccc2-n2cccc2)cc(I)c1OCc1ccccc1C. The molecule has 35 heavy (non-hydrogen) atoms. The minimum Gasteiger partial charge on any atom is -0.490 e. The Balaban J connectivity index is 1.49. The summed E-state index contributed by atoms with van der Waals surface area (Å²) in [5.74, 6) is 1.04. The lowest BCUT2D eigenvalue weighted by molar-refractivity contribution is 0.0955. The number of para-hydroxylation sites is 1.